The number of thioether (sulfide) groups is 1. The van der Waals surface area contributed by atoms with Crippen LogP contribution < -0.4 is 9.47 Å². The molecule has 1 aliphatic rings. The van der Waals surface area contributed by atoms with Crippen LogP contribution in [-0.2, 0) is 4.79 Å². The monoisotopic (exact) mass is 430 g/mol. The number of aromatic hydroxyl groups is 1. The molecule has 0 aliphatic carbocycles. The van der Waals surface area contributed by atoms with Crippen LogP contribution >= 0.6 is 11.8 Å². The minimum atomic E-state index is -0.633. The second-order valence-corrected chi connectivity index (χ2v) is 7.06. The topological polar surface area (TPSA) is 119 Å². The van der Waals surface area contributed by atoms with Crippen molar-refractivity contribution in [2.24, 2.45) is 0 Å². The maximum atomic E-state index is 12.6. The number of phenols is 1. The zero-order chi connectivity index (χ0) is 21.7. The molecule has 0 unspecified atom stereocenters. The highest BCUT2D eigenvalue weighted by Gasteiger charge is 2.35. The molecule has 2 aromatic carbocycles. The molecular formula is C20H18N2O7S. The number of rotatable bonds is 8. The lowest BCUT2D eigenvalue weighted by Crippen LogP contribution is -2.32. The molecule has 1 fully saturated rings. The Kier molecular flexibility index (Phi) is 6.58. The first-order chi connectivity index (χ1) is 14.4. The van der Waals surface area contributed by atoms with Gasteiger partial charge in [0.05, 0.1) is 29.0 Å². The van der Waals surface area contributed by atoms with Gasteiger partial charge < -0.3 is 14.6 Å². The summed E-state index contributed by atoms with van der Waals surface area (Å²) in [4.78, 5) is 36.4. The molecule has 1 N–H and O–H groups in total. The van der Waals surface area contributed by atoms with Crippen molar-refractivity contribution in [3.63, 3.8) is 0 Å². The van der Waals surface area contributed by atoms with Gasteiger partial charge in [0.1, 0.15) is 12.4 Å². The van der Waals surface area contributed by atoms with Crippen LogP contribution in [0.3, 0.4) is 0 Å². The average Bonchev–Trinajstić information content (AvgIpc) is 2.99. The maximum Gasteiger partial charge on any atom is 0.293 e. The fraction of sp³-hybridized carbons (Fsp3) is 0.200. The number of nitrogens with zero attached hydrogens (tertiary/aromatic N) is 2. The van der Waals surface area contributed by atoms with Gasteiger partial charge in [-0.05, 0) is 36.9 Å². The summed E-state index contributed by atoms with van der Waals surface area (Å²) in [6.45, 7) is 2.01. The van der Waals surface area contributed by atoms with Crippen molar-refractivity contribution in [2.45, 2.75) is 6.92 Å². The number of carbonyl (C=O) groups is 2. The summed E-state index contributed by atoms with van der Waals surface area (Å²) >= 11 is 0.686. The Balaban J connectivity index is 1.78. The molecule has 1 saturated heterocycles. The second-order valence-electron chi connectivity index (χ2n) is 6.07. The molecule has 156 valence electrons. The number of amides is 2. The van der Waals surface area contributed by atoms with Crippen molar-refractivity contribution in [1.29, 1.82) is 0 Å². The van der Waals surface area contributed by atoms with Crippen LogP contribution in [-0.4, -0.2) is 45.8 Å². The van der Waals surface area contributed by atoms with E-state index >= 15 is 0 Å². The number of phenolic OH excluding ortho intramolecular Hbond substituents is 1. The Labute approximate surface area is 176 Å². The number of hydrogen-bond acceptors (Lipinski definition) is 8. The lowest BCUT2D eigenvalue weighted by molar-refractivity contribution is -0.385. The van der Waals surface area contributed by atoms with Gasteiger partial charge in [0.15, 0.2) is 11.5 Å². The van der Waals surface area contributed by atoms with E-state index in [1.54, 1.807) is 31.2 Å². The molecule has 0 saturated carbocycles. The van der Waals surface area contributed by atoms with Gasteiger partial charge in [-0.15, -0.1) is 0 Å². The summed E-state index contributed by atoms with van der Waals surface area (Å²) in [7, 11) is 0. The van der Waals surface area contributed by atoms with Gasteiger partial charge in [-0.2, -0.15) is 0 Å². The third-order valence-electron chi connectivity index (χ3n) is 4.09. The molecule has 30 heavy (non-hydrogen) atoms. The Hall–Kier alpha value is -3.53. The summed E-state index contributed by atoms with van der Waals surface area (Å²) in [5.74, 6) is -0.370. The van der Waals surface area contributed by atoms with E-state index in [0.29, 0.717) is 17.5 Å². The van der Waals surface area contributed by atoms with Crippen molar-refractivity contribution in [1.82, 2.24) is 4.90 Å². The van der Waals surface area contributed by atoms with Gasteiger partial charge in [0.25, 0.3) is 16.8 Å². The minimum absolute atomic E-state index is 0.0127. The summed E-state index contributed by atoms with van der Waals surface area (Å²) in [6, 6.07) is 11.2. The van der Waals surface area contributed by atoms with Gasteiger partial charge in [-0.1, -0.05) is 18.2 Å². The quantitative estimate of drug-likeness (QED) is 0.381. The summed E-state index contributed by atoms with van der Waals surface area (Å²) < 4.78 is 10.7. The molecule has 1 aliphatic heterocycles. The SMILES string of the molecule is CCOc1cc([N+](=O)[O-])cc(/C=C2\SC(=O)N(CCOc3ccccc3)C2=O)c1O. The van der Waals surface area contributed by atoms with Gasteiger partial charge in [-0.25, -0.2) is 0 Å². The molecule has 0 spiro atoms. The first-order valence-corrected chi connectivity index (χ1v) is 9.79. The van der Waals surface area contributed by atoms with Crippen LogP contribution in [0.5, 0.6) is 17.2 Å². The number of para-hydroxylation sites is 1. The van der Waals surface area contributed by atoms with E-state index in [9.17, 15) is 24.8 Å². The lowest BCUT2D eigenvalue weighted by Gasteiger charge is -2.13. The maximum absolute atomic E-state index is 12.6. The molecule has 0 radical (unpaired) electrons. The highest BCUT2D eigenvalue weighted by molar-refractivity contribution is 8.18. The van der Waals surface area contributed by atoms with E-state index in [1.807, 2.05) is 6.07 Å². The van der Waals surface area contributed by atoms with E-state index in [-0.39, 0.29) is 47.4 Å². The van der Waals surface area contributed by atoms with Crippen LogP contribution in [0.4, 0.5) is 10.5 Å². The van der Waals surface area contributed by atoms with E-state index in [2.05, 4.69) is 0 Å². The van der Waals surface area contributed by atoms with E-state index < -0.39 is 16.1 Å². The fourth-order valence-electron chi connectivity index (χ4n) is 2.70. The molecule has 0 bridgehead atoms. The van der Waals surface area contributed by atoms with Gasteiger partial charge in [0, 0.05) is 11.6 Å². The number of nitro groups is 1. The summed E-state index contributed by atoms with van der Waals surface area (Å²) in [6.07, 6.45) is 1.24. The van der Waals surface area contributed by atoms with Crippen molar-refractivity contribution in [3.05, 3.63) is 63.0 Å². The van der Waals surface area contributed by atoms with Crippen LogP contribution in [0.25, 0.3) is 6.08 Å². The Morgan fingerprint density at radius 1 is 1.20 bits per heavy atom. The highest BCUT2D eigenvalue weighted by atomic mass is 32.2. The first kappa shape index (κ1) is 21.2. The van der Waals surface area contributed by atoms with Crippen LogP contribution in [0.15, 0.2) is 47.4 Å². The molecule has 0 atom stereocenters. The largest absolute Gasteiger partial charge is 0.504 e. The predicted octanol–water partition coefficient (Wildman–Crippen LogP) is 3.81. The zero-order valence-electron chi connectivity index (χ0n) is 15.9. The smallest absolute Gasteiger partial charge is 0.293 e. The van der Waals surface area contributed by atoms with E-state index in [1.165, 1.54) is 6.08 Å². The van der Waals surface area contributed by atoms with Crippen LogP contribution in [0, 0.1) is 10.1 Å². The number of non-ortho nitro benzene ring substituents is 1. The van der Waals surface area contributed by atoms with Crippen molar-refractivity contribution in [2.75, 3.05) is 19.8 Å². The third-order valence-corrected chi connectivity index (χ3v) is 4.99. The number of imide groups is 1. The van der Waals surface area contributed by atoms with Crippen molar-refractivity contribution < 1.29 is 29.1 Å². The molecule has 0 aromatic heterocycles. The van der Waals surface area contributed by atoms with Gasteiger partial charge in [-0.3, -0.25) is 24.6 Å². The molecule has 2 aromatic rings. The Morgan fingerprint density at radius 2 is 1.93 bits per heavy atom. The van der Waals surface area contributed by atoms with Gasteiger partial charge in [0.2, 0.25) is 0 Å². The fourth-order valence-corrected chi connectivity index (χ4v) is 3.56. The standard InChI is InChI=1S/C20H18N2O7S/c1-2-28-16-12-14(22(26)27)10-13(18(16)23)11-17-19(24)21(20(25)30-17)8-9-29-15-6-4-3-5-7-15/h3-7,10-12,23H,2,8-9H2,1H3/b17-11-. The number of carbonyl (C=O) groups excluding carboxylic acids is 2. The normalized spacial score (nSPS) is 15.0. The van der Waals surface area contributed by atoms with Crippen LogP contribution in [0.2, 0.25) is 0 Å². The Morgan fingerprint density at radius 3 is 2.60 bits per heavy atom. The second kappa shape index (κ2) is 9.31. The summed E-state index contributed by atoms with van der Waals surface area (Å²) in [5.41, 5.74) is -0.295. The predicted molar refractivity (Wildman–Crippen MR) is 111 cm³/mol. The number of nitro benzene ring substituents is 1. The number of hydrogen-bond donors (Lipinski definition) is 1. The molecule has 2 amide bonds. The number of benzene rings is 2. The molecule has 10 heteroatoms. The van der Waals surface area contributed by atoms with Crippen LogP contribution in [0.1, 0.15) is 12.5 Å². The molecule has 3 rings (SSSR count). The summed E-state index contributed by atoms with van der Waals surface area (Å²) in [5, 5.41) is 21.0. The van der Waals surface area contributed by atoms with E-state index in [0.717, 1.165) is 17.0 Å². The highest BCUT2D eigenvalue weighted by Crippen LogP contribution is 2.39. The van der Waals surface area contributed by atoms with E-state index in [4.69, 9.17) is 9.47 Å². The number of ether oxygens (including phenoxy) is 2. The van der Waals surface area contributed by atoms with Gasteiger partial charge >= 0.3 is 0 Å². The average molecular weight is 430 g/mol. The zero-order valence-corrected chi connectivity index (χ0v) is 16.8. The molecule has 9 nitrogen and oxygen atoms in total. The van der Waals surface area contributed by atoms with Crippen molar-refractivity contribution in [3.8, 4) is 17.2 Å². The third kappa shape index (κ3) is 4.71. The molecule has 1 heterocycles. The van der Waals surface area contributed by atoms with Crippen molar-refractivity contribution >= 4 is 34.7 Å². The minimum Gasteiger partial charge on any atom is -0.504 e. The first-order valence-electron chi connectivity index (χ1n) is 8.98. The Bertz CT molecular complexity index is 1010. The molecular weight excluding hydrogens is 412 g/mol. The lowest BCUT2D eigenvalue weighted by atomic mass is 10.1.